The number of hydrogen-bond donors (Lipinski definition) is 0. The molecule has 2 aliphatic rings. The number of benzene rings is 1. The monoisotopic (exact) mass is 303 g/mol. The number of carbonyl (C=O) groups is 1. The molecule has 1 spiro atoms. The summed E-state index contributed by atoms with van der Waals surface area (Å²) in [4.78, 5) is 14.5. The molecule has 0 aromatic heterocycles. The van der Waals surface area contributed by atoms with Crippen molar-refractivity contribution in [3.8, 4) is 0 Å². The van der Waals surface area contributed by atoms with Crippen LogP contribution >= 0.6 is 0 Å². The van der Waals surface area contributed by atoms with Gasteiger partial charge in [0.1, 0.15) is 0 Å². The van der Waals surface area contributed by atoms with E-state index in [0.717, 1.165) is 44.5 Å². The molecule has 0 aliphatic carbocycles. The van der Waals surface area contributed by atoms with E-state index in [-0.39, 0.29) is 17.6 Å². The average Bonchev–Trinajstić information content (AvgIpc) is 2.91. The highest BCUT2D eigenvalue weighted by molar-refractivity contribution is 5.94. The first kappa shape index (κ1) is 15.5. The van der Waals surface area contributed by atoms with Gasteiger partial charge in [0, 0.05) is 31.7 Å². The van der Waals surface area contributed by atoms with Crippen LogP contribution < -0.4 is 0 Å². The van der Waals surface area contributed by atoms with Crippen molar-refractivity contribution in [3.63, 3.8) is 0 Å². The minimum absolute atomic E-state index is 0.0656. The number of nitrogens with zero attached hydrogens (tertiary/aromatic N) is 1. The number of likely N-dealkylation sites (tertiary alicyclic amines) is 1. The molecule has 0 saturated carbocycles. The van der Waals surface area contributed by atoms with Gasteiger partial charge in [0.15, 0.2) is 0 Å². The number of carbonyl (C=O) groups excluding carboxylic acids is 1. The topological polar surface area (TPSA) is 38.8 Å². The zero-order valence-corrected chi connectivity index (χ0v) is 13.5. The molecule has 0 N–H and O–H groups in total. The van der Waals surface area contributed by atoms with E-state index in [1.165, 1.54) is 5.56 Å². The van der Waals surface area contributed by atoms with E-state index in [1.54, 1.807) is 0 Å². The predicted octanol–water partition coefficient (Wildman–Crippen LogP) is 2.80. The largest absolute Gasteiger partial charge is 0.376 e. The number of aryl methyl sites for hydroxylation is 1. The maximum atomic E-state index is 12.5. The van der Waals surface area contributed by atoms with Crippen LogP contribution in [-0.2, 0) is 9.47 Å². The normalized spacial score (nSPS) is 23.9. The standard InChI is InChI=1S/C18H25NO3/c1-3-21-16-12-18(22-13-16)8-10-19(11-9-18)17(20)15-6-4-14(2)5-7-15/h4-7,16H,3,8-13H2,1-2H3. The molecule has 2 fully saturated rings. The molecule has 2 saturated heterocycles. The van der Waals surface area contributed by atoms with Crippen molar-refractivity contribution in [1.82, 2.24) is 4.90 Å². The molecule has 1 aromatic carbocycles. The van der Waals surface area contributed by atoms with E-state index in [9.17, 15) is 4.79 Å². The Morgan fingerprint density at radius 3 is 2.64 bits per heavy atom. The van der Waals surface area contributed by atoms with Gasteiger partial charge in [-0.15, -0.1) is 0 Å². The van der Waals surface area contributed by atoms with Crippen molar-refractivity contribution in [2.45, 2.75) is 44.8 Å². The minimum atomic E-state index is -0.0656. The Bertz CT molecular complexity index is 518. The van der Waals surface area contributed by atoms with Crippen molar-refractivity contribution in [1.29, 1.82) is 0 Å². The van der Waals surface area contributed by atoms with Gasteiger partial charge >= 0.3 is 0 Å². The van der Waals surface area contributed by atoms with Gasteiger partial charge in [0.2, 0.25) is 0 Å². The average molecular weight is 303 g/mol. The second-order valence-corrected chi connectivity index (χ2v) is 6.43. The molecule has 22 heavy (non-hydrogen) atoms. The SMILES string of the molecule is CCOC1COC2(CCN(C(=O)c3ccc(C)cc3)CC2)C1. The number of hydrogen-bond acceptors (Lipinski definition) is 3. The van der Waals surface area contributed by atoms with E-state index < -0.39 is 0 Å². The molecule has 1 aromatic rings. The molecule has 2 aliphatic heterocycles. The van der Waals surface area contributed by atoms with E-state index in [1.807, 2.05) is 43.0 Å². The van der Waals surface area contributed by atoms with Crippen LogP contribution in [0.2, 0.25) is 0 Å². The second-order valence-electron chi connectivity index (χ2n) is 6.43. The molecule has 1 unspecified atom stereocenters. The first-order chi connectivity index (χ1) is 10.6. The summed E-state index contributed by atoms with van der Waals surface area (Å²) in [7, 11) is 0. The summed E-state index contributed by atoms with van der Waals surface area (Å²) < 4.78 is 11.7. The van der Waals surface area contributed by atoms with Crippen LogP contribution in [0.15, 0.2) is 24.3 Å². The van der Waals surface area contributed by atoms with Gasteiger partial charge in [-0.2, -0.15) is 0 Å². The van der Waals surface area contributed by atoms with Crippen molar-refractivity contribution in [2.75, 3.05) is 26.3 Å². The summed E-state index contributed by atoms with van der Waals surface area (Å²) in [6.07, 6.45) is 3.01. The third-order valence-corrected chi connectivity index (χ3v) is 4.84. The molecule has 1 atom stereocenters. The Balaban J connectivity index is 1.58. The molecule has 0 bridgehead atoms. The number of piperidine rings is 1. The highest BCUT2D eigenvalue weighted by Gasteiger charge is 2.43. The summed E-state index contributed by atoms with van der Waals surface area (Å²) >= 11 is 0. The lowest BCUT2D eigenvalue weighted by Crippen LogP contribution is -2.46. The van der Waals surface area contributed by atoms with Gasteiger partial charge in [-0.25, -0.2) is 0 Å². The zero-order chi connectivity index (χ0) is 15.6. The van der Waals surface area contributed by atoms with Crippen LogP contribution in [0.5, 0.6) is 0 Å². The minimum Gasteiger partial charge on any atom is -0.376 e. The fourth-order valence-electron chi connectivity index (χ4n) is 3.49. The van der Waals surface area contributed by atoms with Gasteiger partial charge in [-0.05, 0) is 38.8 Å². The first-order valence-electron chi connectivity index (χ1n) is 8.23. The van der Waals surface area contributed by atoms with Crippen molar-refractivity contribution in [3.05, 3.63) is 35.4 Å². The van der Waals surface area contributed by atoms with Gasteiger partial charge in [0.05, 0.1) is 18.3 Å². The lowest BCUT2D eigenvalue weighted by atomic mass is 9.87. The summed E-state index contributed by atoms with van der Waals surface area (Å²) in [5.41, 5.74) is 1.89. The van der Waals surface area contributed by atoms with Crippen molar-refractivity contribution in [2.24, 2.45) is 0 Å². The first-order valence-corrected chi connectivity index (χ1v) is 8.23. The van der Waals surface area contributed by atoms with E-state index in [0.29, 0.717) is 6.61 Å². The Hall–Kier alpha value is -1.39. The van der Waals surface area contributed by atoms with Crippen LogP contribution in [0.25, 0.3) is 0 Å². The highest BCUT2D eigenvalue weighted by Crippen LogP contribution is 2.37. The lowest BCUT2D eigenvalue weighted by Gasteiger charge is -2.38. The Morgan fingerprint density at radius 2 is 2.00 bits per heavy atom. The smallest absolute Gasteiger partial charge is 0.253 e. The maximum absolute atomic E-state index is 12.5. The van der Waals surface area contributed by atoms with Crippen LogP contribution in [0.4, 0.5) is 0 Å². The number of ether oxygens (including phenoxy) is 2. The molecule has 0 radical (unpaired) electrons. The number of rotatable bonds is 3. The van der Waals surface area contributed by atoms with Crippen molar-refractivity contribution < 1.29 is 14.3 Å². The van der Waals surface area contributed by atoms with E-state index in [2.05, 4.69) is 0 Å². The molecule has 2 heterocycles. The Labute approximate surface area is 132 Å². The molecule has 4 heteroatoms. The summed E-state index contributed by atoms with van der Waals surface area (Å²) in [6, 6.07) is 7.81. The highest BCUT2D eigenvalue weighted by atomic mass is 16.6. The Kier molecular flexibility index (Phi) is 4.50. The molecule has 4 nitrogen and oxygen atoms in total. The van der Waals surface area contributed by atoms with Crippen LogP contribution in [0, 0.1) is 6.92 Å². The fraction of sp³-hybridized carbons (Fsp3) is 0.611. The van der Waals surface area contributed by atoms with Gasteiger partial charge < -0.3 is 14.4 Å². The quantitative estimate of drug-likeness (QED) is 0.862. The van der Waals surface area contributed by atoms with Crippen LogP contribution in [-0.4, -0.2) is 48.8 Å². The molecule has 120 valence electrons. The molecule has 1 amide bonds. The summed E-state index contributed by atoms with van der Waals surface area (Å²) in [5.74, 6) is 0.134. The van der Waals surface area contributed by atoms with Crippen LogP contribution in [0.1, 0.15) is 42.1 Å². The second kappa shape index (κ2) is 6.39. The number of amides is 1. The zero-order valence-electron chi connectivity index (χ0n) is 13.5. The lowest BCUT2D eigenvalue weighted by molar-refractivity contribution is -0.0407. The third-order valence-electron chi connectivity index (χ3n) is 4.84. The van der Waals surface area contributed by atoms with Gasteiger partial charge in [0.25, 0.3) is 5.91 Å². The van der Waals surface area contributed by atoms with E-state index in [4.69, 9.17) is 9.47 Å². The molecular weight excluding hydrogens is 278 g/mol. The predicted molar refractivity (Wildman–Crippen MR) is 85.0 cm³/mol. The van der Waals surface area contributed by atoms with E-state index >= 15 is 0 Å². The molecular formula is C18H25NO3. The van der Waals surface area contributed by atoms with Crippen LogP contribution in [0.3, 0.4) is 0 Å². The van der Waals surface area contributed by atoms with Crippen molar-refractivity contribution >= 4 is 5.91 Å². The molecule has 3 rings (SSSR count). The Morgan fingerprint density at radius 1 is 1.32 bits per heavy atom. The van der Waals surface area contributed by atoms with Gasteiger partial charge in [-0.3, -0.25) is 4.79 Å². The maximum Gasteiger partial charge on any atom is 0.253 e. The van der Waals surface area contributed by atoms with Gasteiger partial charge in [-0.1, -0.05) is 17.7 Å². The fourth-order valence-corrected chi connectivity index (χ4v) is 3.49. The summed E-state index contributed by atoms with van der Waals surface area (Å²) in [5, 5.41) is 0. The third kappa shape index (κ3) is 3.18. The summed E-state index contributed by atoms with van der Waals surface area (Å²) in [6.45, 7) is 7.03.